The normalized spacial score (nSPS) is 20.2. The van der Waals surface area contributed by atoms with E-state index < -0.39 is 31.3 Å². The van der Waals surface area contributed by atoms with E-state index >= 15 is 0 Å². The van der Waals surface area contributed by atoms with Crippen molar-refractivity contribution in [1.29, 1.82) is 0 Å². The summed E-state index contributed by atoms with van der Waals surface area (Å²) in [6.45, 7) is 0.546. The lowest BCUT2D eigenvalue weighted by atomic mass is 9.89. The van der Waals surface area contributed by atoms with Gasteiger partial charge in [-0.05, 0) is 30.2 Å². The van der Waals surface area contributed by atoms with Gasteiger partial charge in [0.25, 0.3) is 0 Å². The van der Waals surface area contributed by atoms with Crippen LogP contribution in [0.1, 0.15) is 11.5 Å². The minimum Gasteiger partial charge on any atom is -0.330 e. The molecule has 1 heterocycles. The third-order valence-corrected chi connectivity index (χ3v) is 6.55. The van der Waals surface area contributed by atoms with Gasteiger partial charge < -0.3 is 5.73 Å². The molecular formula is C17H19ClFN3O4S. The molecule has 2 N–H and O–H groups in total. The molecule has 0 amide bonds. The largest absolute Gasteiger partial charge is 0.330 e. The molecule has 0 radical (unpaired) electrons. The van der Waals surface area contributed by atoms with Gasteiger partial charge in [-0.1, -0.05) is 36.4 Å². The SMILES string of the molecule is Cl.NC[C@@H]1CN(S(=O)(=O)c2cccc(F)c2[N+](=O)[O-])C[C@H]1c1ccccc1. The van der Waals surface area contributed by atoms with Crippen molar-refractivity contribution < 1.29 is 17.7 Å². The molecule has 2 aromatic carbocycles. The number of hydrogen-bond acceptors (Lipinski definition) is 5. The zero-order valence-electron chi connectivity index (χ0n) is 14.2. The summed E-state index contributed by atoms with van der Waals surface area (Å²) in [5.74, 6) is -1.42. The maximum atomic E-state index is 13.9. The molecule has 2 aromatic rings. The van der Waals surface area contributed by atoms with E-state index in [0.29, 0.717) is 0 Å². The molecule has 146 valence electrons. The minimum absolute atomic E-state index is 0. The van der Waals surface area contributed by atoms with Crippen LogP contribution in [0.15, 0.2) is 53.4 Å². The van der Waals surface area contributed by atoms with Crippen molar-refractivity contribution in [1.82, 2.24) is 4.31 Å². The summed E-state index contributed by atoms with van der Waals surface area (Å²) in [4.78, 5) is 9.53. The van der Waals surface area contributed by atoms with Crippen molar-refractivity contribution in [2.75, 3.05) is 19.6 Å². The maximum absolute atomic E-state index is 13.9. The summed E-state index contributed by atoms with van der Waals surface area (Å²) in [5.41, 5.74) is 5.74. The van der Waals surface area contributed by atoms with Crippen LogP contribution in [0.4, 0.5) is 10.1 Å². The first-order chi connectivity index (χ1) is 12.4. The van der Waals surface area contributed by atoms with E-state index in [9.17, 15) is 22.9 Å². The number of benzene rings is 2. The minimum atomic E-state index is -4.22. The Kier molecular flexibility index (Phi) is 6.53. The van der Waals surface area contributed by atoms with Crippen molar-refractivity contribution in [3.05, 3.63) is 70.0 Å². The second-order valence-electron chi connectivity index (χ2n) is 6.18. The molecule has 3 rings (SSSR count). The van der Waals surface area contributed by atoms with Crippen molar-refractivity contribution >= 4 is 28.1 Å². The van der Waals surface area contributed by atoms with Crippen molar-refractivity contribution in [2.24, 2.45) is 11.7 Å². The van der Waals surface area contributed by atoms with Gasteiger partial charge in [-0.2, -0.15) is 8.70 Å². The number of nitro groups is 1. The zero-order valence-corrected chi connectivity index (χ0v) is 15.8. The number of halogens is 2. The maximum Gasteiger partial charge on any atom is 0.324 e. The van der Waals surface area contributed by atoms with E-state index in [0.717, 1.165) is 28.1 Å². The van der Waals surface area contributed by atoms with Crippen LogP contribution in [0, 0.1) is 21.8 Å². The van der Waals surface area contributed by atoms with Crippen LogP contribution >= 0.6 is 12.4 Å². The molecule has 0 aromatic heterocycles. The van der Waals surface area contributed by atoms with Gasteiger partial charge in [0.1, 0.15) is 0 Å². The van der Waals surface area contributed by atoms with Gasteiger partial charge >= 0.3 is 5.69 Å². The van der Waals surface area contributed by atoms with Crippen molar-refractivity contribution in [3.63, 3.8) is 0 Å². The molecule has 2 atom stereocenters. The summed E-state index contributed by atoms with van der Waals surface area (Å²) in [6.07, 6.45) is 0. The van der Waals surface area contributed by atoms with Crippen LogP contribution in [-0.2, 0) is 10.0 Å². The number of rotatable bonds is 5. The fourth-order valence-corrected chi connectivity index (χ4v) is 5.05. The number of para-hydroxylation sites is 1. The predicted molar refractivity (Wildman–Crippen MR) is 101 cm³/mol. The number of nitro benzene ring substituents is 1. The van der Waals surface area contributed by atoms with E-state index in [4.69, 9.17) is 5.73 Å². The third-order valence-electron chi connectivity index (χ3n) is 4.69. The van der Waals surface area contributed by atoms with E-state index in [2.05, 4.69) is 0 Å². The van der Waals surface area contributed by atoms with Gasteiger partial charge in [0.2, 0.25) is 15.8 Å². The van der Waals surface area contributed by atoms with Crippen molar-refractivity contribution in [3.8, 4) is 0 Å². The van der Waals surface area contributed by atoms with Gasteiger partial charge in [0.05, 0.1) is 4.92 Å². The Labute approximate surface area is 162 Å². The predicted octanol–water partition coefficient (Wildman–Crippen LogP) is 2.52. The Bertz CT molecular complexity index is 927. The summed E-state index contributed by atoms with van der Waals surface area (Å²) in [6, 6.07) is 12.5. The van der Waals surface area contributed by atoms with Gasteiger partial charge in [-0.3, -0.25) is 10.1 Å². The topological polar surface area (TPSA) is 107 Å². The molecule has 1 aliphatic rings. The number of sulfonamides is 1. The van der Waals surface area contributed by atoms with Gasteiger partial charge in [-0.15, -0.1) is 12.4 Å². The highest BCUT2D eigenvalue weighted by Gasteiger charge is 2.42. The van der Waals surface area contributed by atoms with E-state index in [1.165, 1.54) is 0 Å². The summed E-state index contributed by atoms with van der Waals surface area (Å²) < 4.78 is 40.9. The average Bonchev–Trinajstić information content (AvgIpc) is 3.07. The van der Waals surface area contributed by atoms with E-state index in [-0.39, 0.29) is 43.9 Å². The smallest absolute Gasteiger partial charge is 0.324 e. The Balaban J connectivity index is 0.00000261. The molecule has 0 spiro atoms. The molecule has 0 unspecified atom stereocenters. The molecule has 0 saturated carbocycles. The zero-order chi connectivity index (χ0) is 18.9. The van der Waals surface area contributed by atoms with E-state index in [1.807, 2.05) is 30.3 Å². The molecule has 0 aliphatic carbocycles. The highest BCUT2D eigenvalue weighted by molar-refractivity contribution is 7.89. The number of nitrogens with zero attached hydrogens (tertiary/aromatic N) is 2. The monoisotopic (exact) mass is 415 g/mol. The fraction of sp³-hybridized carbons (Fsp3) is 0.294. The van der Waals surface area contributed by atoms with Gasteiger partial charge in [0, 0.05) is 19.0 Å². The second-order valence-corrected chi connectivity index (χ2v) is 8.09. The van der Waals surface area contributed by atoms with Crippen LogP contribution in [0.2, 0.25) is 0 Å². The lowest BCUT2D eigenvalue weighted by Gasteiger charge is -2.17. The molecule has 10 heteroatoms. The first-order valence-corrected chi connectivity index (χ1v) is 9.48. The van der Waals surface area contributed by atoms with Crippen LogP contribution < -0.4 is 5.73 Å². The van der Waals surface area contributed by atoms with Crippen LogP contribution in [0.5, 0.6) is 0 Å². The van der Waals surface area contributed by atoms with Gasteiger partial charge in [0.15, 0.2) is 4.90 Å². The lowest BCUT2D eigenvalue weighted by molar-refractivity contribution is -0.390. The Hall–Kier alpha value is -2.07. The highest BCUT2D eigenvalue weighted by atomic mass is 35.5. The highest BCUT2D eigenvalue weighted by Crippen LogP contribution is 2.37. The molecule has 27 heavy (non-hydrogen) atoms. The second kappa shape index (κ2) is 8.30. The average molecular weight is 416 g/mol. The first-order valence-electron chi connectivity index (χ1n) is 8.04. The molecule has 7 nitrogen and oxygen atoms in total. The molecule has 1 fully saturated rings. The molecular weight excluding hydrogens is 397 g/mol. The van der Waals surface area contributed by atoms with Crippen LogP contribution in [-0.4, -0.2) is 37.3 Å². The summed E-state index contributed by atoms with van der Waals surface area (Å²) in [5, 5.41) is 11.2. The molecule has 1 saturated heterocycles. The Morgan fingerprint density at radius 1 is 1.15 bits per heavy atom. The third kappa shape index (κ3) is 3.96. The lowest BCUT2D eigenvalue weighted by Crippen LogP contribution is -2.30. The summed E-state index contributed by atoms with van der Waals surface area (Å²) >= 11 is 0. The quantitative estimate of drug-likeness (QED) is 0.596. The van der Waals surface area contributed by atoms with Crippen LogP contribution in [0.3, 0.4) is 0 Å². The van der Waals surface area contributed by atoms with Crippen molar-refractivity contribution in [2.45, 2.75) is 10.8 Å². The Morgan fingerprint density at radius 3 is 2.41 bits per heavy atom. The van der Waals surface area contributed by atoms with E-state index in [1.54, 1.807) is 0 Å². The molecule has 0 bridgehead atoms. The fourth-order valence-electron chi connectivity index (χ4n) is 3.36. The Morgan fingerprint density at radius 2 is 1.81 bits per heavy atom. The standard InChI is InChI=1S/C17H18FN3O4S.ClH/c18-15-7-4-8-16(17(15)21(22)23)26(24,25)20-10-13(9-19)14(11-20)12-5-2-1-3-6-12;/h1-8,13-14H,9-11,19H2;1H/t13-,14+;/m1./s1. The molecule has 1 aliphatic heterocycles. The van der Waals surface area contributed by atoms with Gasteiger partial charge in [-0.25, -0.2) is 8.42 Å². The summed E-state index contributed by atoms with van der Waals surface area (Å²) in [7, 11) is -4.22. The number of nitrogens with two attached hydrogens (primary N) is 1. The number of hydrogen-bond donors (Lipinski definition) is 1. The van der Waals surface area contributed by atoms with Crippen LogP contribution in [0.25, 0.3) is 0 Å². The first kappa shape index (κ1) is 21.2.